The SMILES string of the molecule is NCCCN(CCOCCO)c1ccc(F)cc1. The van der Waals surface area contributed by atoms with Crippen molar-refractivity contribution in [1.82, 2.24) is 0 Å². The molecule has 102 valence electrons. The predicted octanol–water partition coefficient (Wildman–Crippen LogP) is 0.990. The lowest BCUT2D eigenvalue weighted by atomic mass is 10.2. The minimum atomic E-state index is -0.242. The van der Waals surface area contributed by atoms with Gasteiger partial charge in [0.1, 0.15) is 5.82 Å². The van der Waals surface area contributed by atoms with Gasteiger partial charge in [-0.3, -0.25) is 0 Å². The van der Waals surface area contributed by atoms with Gasteiger partial charge in [-0.25, -0.2) is 4.39 Å². The van der Waals surface area contributed by atoms with E-state index in [2.05, 4.69) is 4.90 Å². The van der Waals surface area contributed by atoms with E-state index in [1.54, 1.807) is 12.1 Å². The van der Waals surface area contributed by atoms with Gasteiger partial charge in [-0.05, 0) is 37.2 Å². The summed E-state index contributed by atoms with van der Waals surface area (Å²) in [5.41, 5.74) is 6.46. The van der Waals surface area contributed by atoms with Crippen molar-refractivity contribution in [3.63, 3.8) is 0 Å². The van der Waals surface area contributed by atoms with Gasteiger partial charge in [-0.2, -0.15) is 0 Å². The van der Waals surface area contributed by atoms with Crippen LogP contribution in [0.2, 0.25) is 0 Å². The molecule has 5 heteroatoms. The first-order valence-electron chi connectivity index (χ1n) is 6.17. The number of nitrogens with two attached hydrogens (primary N) is 1. The lowest BCUT2D eigenvalue weighted by Gasteiger charge is -2.24. The van der Waals surface area contributed by atoms with E-state index in [0.717, 1.165) is 18.7 Å². The van der Waals surface area contributed by atoms with E-state index in [0.29, 0.717) is 26.3 Å². The Labute approximate surface area is 107 Å². The molecular weight excluding hydrogens is 235 g/mol. The molecule has 0 saturated carbocycles. The zero-order chi connectivity index (χ0) is 13.2. The van der Waals surface area contributed by atoms with Crippen LogP contribution in [-0.4, -0.2) is 44.6 Å². The molecule has 0 heterocycles. The number of anilines is 1. The van der Waals surface area contributed by atoms with Gasteiger partial charge in [0, 0.05) is 18.8 Å². The molecule has 0 unspecified atom stereocenters. The molecule has 4 nitrogen and oxygen atoms in total. The fourth-order valence-corrected chi connectivity index (χ4v) is 1.65. The summed E-state index contributed by atoms with van der Waals surface area (Å²) in [5.74, 6) is -0.242. The molecular formula is C13H21FN2O2. The lowest BCUT2D eigenvalue weighted by Crippen LogP contribution is -2.30. The third-order valence-electron chi connectivity index (χ3n) is 2.57. The average molecular weight is 256 g/mol. The molecule has 18 heavy (non-hydrogen) atoms. The molecule has 0 aliphatic rings. The van der Waals surface area contributed by atoms with Crippen LogP contribution in [0.3, 0.4) is 0 Å². The van der Waals surface area contributed by atoms with E-state index in [-0.39, 0.29) is 12.4 Å². The summed E-state index contributed by atoms with van der Waals surface area (Å²) >= 11 is 0. The zero-order valence-electron chi connectivity index (χ0n) is 10.5. The van der Waals surface area contributed by atoms with E-state index in [1.807, 2.05) is 0 Å². The number of nitrogens with zero attached hydrogens (tertiary/aromatic N) is 1. The van der Waals surface area contributed by atoms with Gasteiger partial charge in [0.05, 0.1) is 19.8 Å². The van der Waals surface area contributed by atoms with Gasteiger partial charge in [-0.1, -0.05) is 0 Å². The molecule has 0 spiro atoms. The Hall–Kier alpha value is -1.17. The van der Waals surface area contributed by atoms with Crippen molar-refractivity contribution in [2.75, 3.05) is 44.4 Å². The van der Waals surface area contributed by atoms with Crippen LogP contribution in [0, 0.1) is 5.82 Å². The third kappa shape index (κ3) is 5.44. The van der Waals surface area contributed by atoms with E-state index >= 15 is 0 Å². The summed E-state index contributed by atoms with van der Waals surface area (Å²) in [6, 6.07) is 6.38. The van der Waals surface area contributed by atoms with Gasteiger partial charge >= 0.3 is 0 Å². The van der Waals surface area contributed by atoms with Crippen LogP contribution >= 0.6 is 0 Å². The summed E-state index contributed by atoms with van der Waals surface area (Å²) in [7, 11) is 0. The minimum absolute atomic E-state index is 0.0271. The second-order valence-electron chi connectivity index (χ2n) is 3.94. The monoisotopic (exact) mass is 256 g/mol. The Morgan fingerprint density at radius 3 is 2.50 bits per heavy atom. The van der Waals surface area contributed by atoms with Gasteiger partial charge < -0.3 is 20.5 Å². The second kappa shape index (κ2) is 8.85. The Balaban J connectivity index is 2.51. The molecule has 0 bridgehead atoms. The van der Waals surface area contributed by atoms with E-state index < -0.39 is 0 Å². The molecule has 0 aliphatic heterocycles. The van der Waals surface area contributed by atoms with Crippen molar-refractivity contribution >= 4 is 5.69 Å². The summed E-state index contributed by atoms with van der Waals surface area (Å²) in [6.07, 6.45) is 0.872. The molecule has 0 aromatic heterocycles. The summed E-state index contributed by atoms with van der Waals surface area (Å²) in [4.78, 5) is 2.10. The first-order chi connectivity index (χ1) is 8.77. The first-order valence-corrected chi connectivity index (χ1v) is 6.17. The summed E-state index contributed by atoms with van der Waals surface area (Å²) < 4.78 is 18.1. The van der Waals surface area contributed by atoms with Crippen molar-refractivity contribution < 1.29 is 14.2 Å². The highest BCUT2D eigenvalue weighted by Crippen LogP contribution is 2.14. The maximum atomic E-state index is 12.9. The molecule has 0 atom stereocenters. The fraction of sp³-hybridized carbons (Fsp3) is 0.538. The third-order valence-corrected chi connectivity index (χ3v) is 2.57. The van der Waals surface area contributed by atoms with Crippen molar-refractivity contribution in [1.29, 1.82) is 0 Å². The standard InChI is InChI=1S/C13H21FN2O2/c14-12-2-4-13(5-3-12)16(7-1-6-15)8-10-18-11-9-17/h2-5,17H,1,6-11,15H2. The number of benzene rings is 1. The molecule has 3 N–H and O–H groups in total. The van der Waals surface area contributed by atoms with Gasteiger partial charge in [0.25, 0.3) is 0 Å². The van der Waals surface area contributed by atoms with Crippen molar-refractivity contribution in [2.45, 2.75) is 6.42 Å². The molecule has 0 amide bonds. The highest BCUT2D eigenvalue weighted by atomic mass is 19.1. The van der Waals surface area contributed by atoms with Crippen LogP contribution in [0.4, 0.5) is 10.1 Å². The van der Waals surface area contributed by atoms with Crippen LogP contribution < -0.4 is 10.6 Å². The highest BCUT2D eigenvalue weighted by molar-refractivity contribution is 5.46. The molecule has 0 fully saturated rings. The zero-order valence-corrected chi connectivity index (χ0v) is 10.5. The van der Waals surface area contributed by atoms with Crippen LogP contribution in [0.1, 0.15) is 6.42 Å². The predicted molar refractivity (Wildman–Crippen MR) is 70.2 cm³/mol. The molecule has 1 aromatic rings. The Morgan fingerprint density at radius 2 is 1.89 bits per heavy atom. The normalized spacial score (nSPS) is 10.6. The van der Waals surface area contributed by atoms with Gasteiger partial charge in [0.15, 0.2) is 0 Å². The summed E-state index contributed by atoms with van der Waals surface area (Å²) in [5, 5.41) is 8.62. The molecule has 0 aliphatic carbocycles. The Bertz CT molecular complexity index is 319. The largest absolute Gasteiger partial charge is 0.394 e. The van der Waals surface area contributed by atoms with E-state index in [9.17, 15) is 4.39 Å². The van der Waals surface area contributed by atoms with Gasteiger partial charge in [0.2, 0.25) is 0 Å². The second-order valence-corrected chi connectivity index (χ2v) is 3.94. The number of aliphatic hydroxyl groups excluding tert-OH is 1. The highest BCUT2D eigenvalue weighted by Gasteiger charge is 2.06. The number of hydrogen-bond donors (Lipinski definition) is 2. The maximum absolute atomic E-state index is 12.9. The van der Waals surface area contributed by atoms with E-state index in [4.69, 9.17) is 15.6 Å². The van der Waals surface area contributed by atoms with Crippen LogP contribution in [0.25, 0.3) is 0 Å². The number of aliphatic hydroxyl groups is 1. The first kappa shape index (κ1) is 14.9. The minimum Gasteiger partial charge on any atom is -0.394 e. The van der Waals surface area contributed by atoms with Crippen molar-refractivity contribution in [2.24, 2.45) is 5.73 Å². The topological polar surface area (TPSA) is 58.7 Å². The maximum Gasteiger partial charge on any atom is 0.123 e. The molecule has 0 radical (unpaired) electrons. The van der Waals surface area contributed by atoms with Crippen LogP contribution in [-0.2, 0) is 4.74 Å². The molecule has 1 rings (SSSR count). The molecule has 0 saturated heterocycles. The quantitative estimate of drug-likeness (QED) is 0.647. The Morgan fingerprint density at radius 1 is 1.17 bits per heavy atom. The smallest absolute Gasteiger partial charge is 0.123 e. The molecule has 1 aromatic carbocycles. The van der Waals surface area contributed by atoms with Crippen LogP contribution in [0.5, 0.6) is 0 Å². The van der Waals surface area contributed by atoms with Crippen molar-refractivity contribution in [3.8, 4) is 0 Å². The number of halogens is 1. The number of ether oxygens (including phenoxy) is 1. The number of rotatable bonds is 9. The van der Waals surface area contributed by atoms with Crippen molar-refractivity contribution in [3.05, 3.63) is 30.1 Å². The summed E-state index contributed by atoms with van der Waals surface area (Å²) in [6.45, 7) is 3.03. The van der Waals surface area contributed by atoms with Gasteiger partial charge in [-0.15, -0.1) is 0 Å². The Kier molecular flexibility index (Phi) is 7.32. The van der Waals surface area contributed by atoms with Crippen LogP contribution in [0.15, 0.2) is 24.3 Å². The fourth-order valence-electron chi connectivity index (χ4n) is 1.65. The lowest BCUT2D eigenvalue weighted by molar-refractivity contribution is 0.0966. The average Bonchev–Trinajstić information content (AvgIpc) is 2.39. The number of hydrogen-bond acceptors (Lipinski definition) is 4. The van der Waals surface area contributed by atoms with E-state index in [1.165, 1.54) is 12.1 Å².